The third-order valence-electron chi connectivity index (χ3n) is 3.34. The van der Waals surface area contributed by atoms with E-state index in [1.807, 2.05) is 5.53 Å². The molecule has 0 radical (unpaired) electrons. The number of nitrogens with zero attached hydrogens (tertiary/aromatic N) is 3. The molecule has 3 rings (SSSR count). The van der Waals surface area contributed by atoms with Crippen LogP contribution in [0.2, 0.25) is 0 Å². The monoisotopic (exact) mass is 336 g/mol. The van der Waals surface area contributed by atoms with E-state index < -0.39 is 23.7 Å². The number of rotatable bonds is 1. The molecule has 9 heteroatoms. The Kier molecular flexibility index (Phi) is 3.84. The van der Waals surface area contributed by atoms with Crippen molar-refractivity contribution in [1.29, 1.82) is 0 Å². The number of fused-ring (bicyclic) bond motifs is 1. The molecule has 1 amide bonds. The van der Waals surface area contributed by atoms with Crippen LogP contribution in [-0.4, -0.2) is 35.9 Å². The Labute approximate surface area is 134 Å². The molecule has 1 aliphatic heterocycles. The predicted molar refractivity (Wildman–Crippen MR) is 81.4 cm³/mol. The van der Waals surface area contributed by atoms with E-state index in [0.717, 1.165) is 12.5 Å². The molecule has 0 atom stereocenters. The van der Waals surface area contributed by atoms with Crippen LogP contribution in [0.1, 0.15) is 5.56 Å². The minimum atomic E-state index is -4.75. The summed E-state index contributed by atoms with van der Waals surface area (Å²) >= 11 is 0. The van der Waals surface area contributed by atoms with Gasteiger partial charge in [-0.15, -0.1) is 5.10 Å². The highest BCUT2D eigenvalue weighted by molar-refractivity contribution is 6.52. The zero-order chi connectivity index (χ0) is 17.3. The van der Waals surface area contributed by atoms with Crippen LogP contribution in [0.5, 0.6) is 0 Å². The van der Waals surface area contributed by atoms with Gasteiger partial charge in [0.25, 0.3) is 0 Å². The van der Waals surface area contributed by atoms with Gasteiger partial charge in [0.1, 0.15) is 5.71 Å². The van der Waals surface area contributed by atoms with E-state index in [9.17, 15) is 18.0 Å². The zero-order valence-electron chi connectivity index (χ0n) is 12.3. The fourth-order valence-electron chi connectivity index (χ4n) is 2.30. The van der Waals surface area contributed by atoms with Crippen LogP contribution in [0.15, 0.2) is 52.7 Å². The van der Waals surface area contributed by atoms with Crippen molar-refractivity contribution in [2.45, 2.75) is 6.18 Å². The first-order valence-electron chi connectivity index (χ1n) is 6.77. The van der Waals surface area contributed by atoms with Gasteiger partial charge in [0.15, 0.2) is 5.71 Å². The van der Waals surface area contributed by atoms with E-state index >= 15 is 0 Å². The van der Waals surface area contributed by atoms with Gasteiger partial charge in [-0.1, -0.05) is 47.6 Å². The summed E-state index contributed by atoms with van der Waals surface area (Å²) in [6, 6.07) is 11.8. The van der Waals surface area contributed by atoms with Gasteiger partial charge < -0.3 is 4.74 Å². The fraction of sp³-hybridized carbons (Fsp3) is 0.133. The maximum absolute atomic E-state index is 13.3. The van der Waals surface area contributed by atoms with Crippen molar-refractivity contribution >= 4 is 28.3 Å². The summed E-state index contributed by atoms with van der Waals surface area (Å²) in [5.74, 6) is 0. The molecule has 1 aliphatic rings. The van der Waals surface area contributed by atoms with Crippen LogP contribution in [-0.2, 0) is 4.74 Å². The van der Waals surface area contributed by atoms with Gasteiger partial charge in [-0.05, 0) is 10.8 Å². The van der Waals surface area contributed by atoms with Gasteiger partial charge in [-0.25, -0.2) is 4.79 Å². The number of hydrogen-bond acceptors (Lipinski definition) is 5. The van der Waals surface area contributed by atoms with Crippen molar-refractivity contribution < 1.29 is 22.7 Å². The van der Waals surface area contributed by atoms with Crippen molar-refractivity contribution in [2.75, 3.05) is 7.11 Å². The second-order valence-electron chi connectivity index (χ2n) is 4.82. The predicted octanol–water partition coefficient (Wildman–Crippen LogP) is 3.05. The van der Waals surface area contributed by atoms with E-state index in [0.29, 0.717) is 10.5 Å². The molecule has 0 aliphatic carbocycles. The molecule has 0 aromatic heterocycles. The number of hydrogen-bond donors (Lipinski definition) is 1. The molecule has 0 spiro atoms. The van der Waals surface area contributed by atoms with E-state index in [4.69, 9.17) is 0 Å². The SMILES string of the molecule is COC(=O)N1N=C(c2cccc3ccccc23)C(C(F)(F)F)=NN1. The summed E-state index contributed by atoms with van der Waals surface area (Å²) in [6.45, 7) is 0. The van der Waals surface area contributed by atoms with Crippen molar-refractivity contribution in [2.24, 2.45) is 10.2 Å². The molecule has 1 N–H and O–H groups in total. The zero-order valence-corrected chi connectivity index (χ0v) is 12.3. The Morgan fingerprint density at radius 1 is 1.17 bits per heavy atom. The van der Waals surface area contributed by atoms with Crippen LogP contribution >= 0.6 is 0 Å². The number of carbonyl (C=O) groups is 1. The molecule has 1 heterocycles. The van der Waals surface area contributed by atoms with Gasteiger partial charge in [-0.2, -0.15) is 23.8 Å². The summed E-state index contributed by atoms with van der Waals surface area (Å²) in [6.07, 6.45) is -5.73. The summed E-state index contributed by atoms with van der Waals surface area (Å²) in [5.41, 5.74) is 0.429. The second kappa shape index (κ2) is 5.84. The van der Waals surface area contributed by atoms with Crippen LogP contribution in [0.25, 0.3) is 10.8 Å². The fourth-order valence-corrected chi connectivity index (χ4v) is 2.30. The van der Waals surface area contributed by atoms with Gasteiger partial charge in [-0.3, -0.25) is 0 Å². The number of carbonyl (C=O) groups excluding carboxylic acids is 1. The number of hydrazone groups is 2. The molecule has 2 aromatic carbocycles. The number of alkyl halides is 3. The lowest BCUT2D eigenvalue weighted by molar-refractivity contribution is -0.0581. The van der Waals surface area contributed by atoms with E-state index in [1.54, 1.807) is 36.4 Å². The number of methoxy groups -OCH3 is 1. The maximum atomic E-state index is 13.3. The number of halogens is 3. The highest BCUT2D eigenvalue weighted by Crippen LogP contribution is 2.26. The minimum absolute atomic E-state index is 0.208. The normalized spacial score (nSPS) is 14.8. The van der Waals surface area contributed by atoms with Gasteiger partial charge in [0.05, 0.1) is 7.11 Å². The van der Waals surface area contributed by atoms with Crippen LogP contribution in [0, 0.1) is 0 Å². The molecule has 0 unspecified atom stereocenters. The Bertz CT molecular complexity index is 856. The Morgan fingerprint density at radius 3 is 2.58 bits per heavy atom. The largest absolute Gasteiger partial charge is 0.451 e. The molecule has 24 heavy (non-hydrogen) atoms. The average Bonchev–Trinajstić information content (AvgIpc) is 2.59. The van der Waals surface area contributed by atoms with Gasteiger partial charge >= 0.3 is 12.3 Å². The lowest BCUT2D eigenvalue weighted by Gasteiger charge is -2.23. The number of hydrazine groups is 1. The lowest BCUT2D eigenvalue weighted by Crippen LogP contribution is -2.46. The molecular weight excluding hydrogens is 325 g/mol. The molecule has 124 valence electrons. The van der Waals surface area contributed by atoms with Gasteiger partial charge in [0, 0.05) is 5.56 Å². The number of nitrogens with one attached hydrogen (secondary N) is 1. The second-order valence-corrected chi connectivity index (χ2v) is 4.82. The van der Waals surface area contributed by atoms with Crippen molar-refractivity contribution in [3.8, 4) is 0 Å². The highest BCUT2D eigenvalue weighted by Gasteiger charge is 2.43. The maximum Gasteiger partial charge on any atom is 0.451 e. The highest BCUT2D eigenvalue weighted by atomic mass is 19.4. The van der Waals surface area contributed by atoms with Crippen LogP contribution in [0.3, 0.4) is 0 Å². The molecule has 0 bridgehead atoms. The first-order valence-corrected chi connectivity index (χ1v) is 6.77. The molecule has 0 fully saturated rings. The van der Waals surface area contributed by atoms with Gasteiger partial charge in [0.2, 0.25) is 0 Å². The summed E-state index contributed by atoms with van der Waals surface area (Å²) in [7, 11) is 1.08. The third kappa shape index (κ3) is 2.75. The molecule has 6 nitrogen and oxygen atoms in total. The lowest BCUT2D eigenvalue weighted by atomic mass is 9.98. The quantitative estimate of drug-likeness (QED) is 0.870. The van der Waals surface area contributed by atoms with Crippen LogP contribution in [0.4, 0.5) is 18.0 Å². The third-order valence-corrected chi connectivity index (χ3v) is 3.34. The van der Waals surface area contributed by atoms with E-state index in [-0.39, 0.29) is 5.56 Å². The smallest absolute Gasteiger partial charge is 0.450 e. The number of ether oxygens (including phenoxy) is 1. The molecule has 0 saturated heterocycles. The molecule has 2 aromatic rings. The van der Waals surface area contributed by atoms with E-state index in [2.05, 4.69) is 14.9 Å². The van der Waals surface area contributed by atoms with Crippen molar-refractivity contribution in [3.63, 3.8) is 0 Å². The first kappa shape index (κ1) is 15.8. The first-order chi connectivity index (χ1) is 11.4. The van der Waals surface area contributed by atoms with Crippen molar-refractivity contribution in [3.05, 3.63) is 48.0 Å². The number of benzene rings is 2. The van der Waals surface area contributed by atoms with Crippen molar-refractivity contribution in [1.82, 2.24) is 10.7 Å². The minimum Gasteiger partial charge on any atom is -0.450 e. The summed E-state index contributed by atoms with van der Waals surface area (Å²) in [4.78, 5) is 11.5. The Balaban J connectivity index is 2.20. The van der Waals surface area contributed by atoms with E-state index in [1.165, 1.54) is 6.07 Å². The Morgan fingerprint density at radius 2 is 1.88 bits per heavy atom. The molecular formula is C15H11F3N4O2. The summed E-state index contributed by atoms with van der Waals surface area (Å²) in [5, 5.41) is 8.79. The number of amides is 1. The molecule has 0 saturated carbocycles. The standard InChI is InChI=1S/C15H11F3N4O2/c1-24-14(23)22-20-12(13(19-21-22)15(16,17)18)11-8-4-6-9-5-2-3-7-10(9)11/h2-8,21H,1H3. The summed E-state index contributed by atoms with van der Waals surface area (Å²) < 4.78 is 44.4. The Hall–Kier alpha value is -3.10. The average molecular weight is 336 g/mol. The van der Waals surface area contributed by atoms with Crippen LogP contribution < -0.4 is 5.53 Å². The topological polar surface area (TPSA) is 66.3 Å².